The van der Waals surface area contributed by atoms with Crippen LogP contribution in [0.3, 0.4) is 0 Å². The Hall–Kier alpha value is -3.92. The fourth-order valence-corrected chi connectivity index (χ4v) is 3.36. The van der Waals surface area contributed by atoms with Crippen molar-refractivity contribution in [3.8, 4) is 11.5 Å². The number of anilines is 1. The summed E-state index contributed by atoms with van der Waals surface area (Å²) in [6, 6.07) is 12.5. The van der Waals surface area contributed by atoms with E-state index < -0.39 is 11.8 Å². The fourth-order valence-electron chi connectivity index (χ4n) is 3.36. The molecule has 1 fully saturated rings. The first-order chi connectivity index (χ1) is 16.9. The van der Waals surface area contributed by atoms with Crippen LogP contribution in [0.25, 0.3) is 0 Å². The summed E-state index contributed by atoms with van der Waals surface area (Å²) in [6.07, 6.45) is 3.13. The van der Waals surface area contributed by atoms with Gasteiger partial charge in [-0.15, -0.1) is 0 Å². The highest BCUT2D eigenvalue weighted by Gasteiger charge is 2.19. The van der Waals surface area contributed by atoms with Crippen molar-refractivity contribution >= 4 is 29.6 Å². The maximum Gasteiger partial charge on any atom is 0.329 e. The van der Waals surface area contributed by atoms with Crippen molar-refractivity contribution in [3.63, 3.8) is 0 Å². The summed E-state index contributed by atoms with van der Waals surface area (Å²) in [5.74, 6) is -1.14. The highest BCUT2D eigenvalue weighted by Crippen LogP contribution is 2.28. The van der Waals surface area contributed by atoms with E-state index in [2.05, 4.69) is 21.2 Å². The molecule has 0 aromatic heterocycles. The van der Waals surface area contributed by atoms with Crippen LogP contribution in [0.2, 0.25) is 0 Å². The number of nitrogens with zero attached hydrogens (tertiary/aromatic N) is 1. The fraction of sp³-hybridized carbons (Fsp3) is 0.360. The lowest BCUT2D eigenvalue weighted by Gasteiger charge is -2.13. The van der Waals surface area contributed by atoms with Crippen molar-refractivity contribution in [2.75, 3.05) is 31.7 Å². The molecule has 3 rings (SSSR count). The second-order valence-electron chi connectivity index (χ2n) is 7.89. The number of ether oxygens (including phenoxy) is 3. The smallest absolute Gasteiger partial charge is 0.329 e. The molecule has 0 unspecified atom stereocenters. The Labute approximate surface area is 204 Å². The van der Waals surface area contributed by atoms with E-state index in [9.17, 15) is 14.4 Å². The second kappa shape index (κ2) is 13.1. The van der Waals surface area contributed by atoms with Gasteiger partial charge >= 0.3 is 11.8 Å². The lowest BCUT2D eigenvalue weighted by Crippen LogP contribution is -2.41. The number of nitrogens with one attached hydrogen (secondary N) is 3. The van der Waals surface area contributed by atoms with Gasteiger partial charge in [-0.3, -0.25) is 14.4 Å². The van der Waals surface area contributed by atoms with Gasteiger partial charge in [-0.05, 0) is 68.1 Å². The Bertz CT molecular complexity index is 1070. The molecule has 10 heteroatoms. The van der Waals surface area contributed by atoms with Gasteiger partial charge in [0.2, 0.25) is 0 Å². The summed E-state index contributed by atoms with van der Waals surface area (Å²) in [6.45, 7) is 4.92. The molecule has 0 radical (unpaired) electrons. The molecule has 1 atom stereocenters. The topological polar surface area (TPSA) is 127 Å². The maximum atomic E-state index is 12.2. The number of carbonyl (C=O) groups excluding carboxylic acids is 3. The summed E-state index contributed by atoms with van der Waals surface area (Å²) in [7, 11) is 0. The van der Waals surface area contributed by atoms with Gasteiger partial charge in [0.1, 0.15) is 0 Å². The first kappa shape index (κ1) is 25.7. The van der Waals surface area contributed by atoms with E-state index in [-0.39, 0.29) is 25.2 Å². The molecule has 186 valence electrons. The Kier molecular flexibility index (Phi) is 9.61. The number of carbonyl (C=O) groups is 3. The highest BCUT2D eigenvalue weighted by molar-refractivity contribution is 6.35. The standard InChI is InChI=1S/C25H30N4O6/c1-3-33-22-13-18(14-27-29-25(32)24(31)26-15-20-8-5-11-34-20)9-10-21(22)35-16-23(30)28-19-7-4-6-17(2)12-19/h4,6-7,9-10,12-14,20H,3,5,8,11,15-16H2,1-2H3,(H,26,31)(H,28,30)(H,29,32)/b27-14-/t20-/m0/s1. The predicted octanol–water partition coefficient (Wildman–Crippen LogP) is 2.16. The number of amides is 3. The van der Waals surface area contributed by atoms with E-state index >= 15 is 0 Å². The van der Waals surface area contributed by atoms with Crippen LogP contribution < -0.4 is 25.5 Å². The average molecular weight is 483 g/mol. The normalized spacial score (nSPS) is 15.0. The maximum absolute atomic E-state index is 12.2. The molecule has 1 aliphatic rings. The summed E-state index contributed by atoms with van der Waals surface area (Å²) >= 11 is 0. The van der Waals surface area contributed by atoms with Gasteiger partial charge in [-0.25, -0.2) is 5.43 Å². The van der Waals surface area contributed by atoms with Gasteiger partial charge in [-0.1, -0.05) is 12.1 Å². The van der Waals surface area contributed by atoms with Crippen molar-refractivity contribution in [2.24, 2.45) is 5.10 Å². The molecule has 2 aromatic carbocycles. The van der Waals surface area contributed by atoms with E-state index in [1.165, 1.54) is 6.21 Å². The third kappa shape index (κ3) is 8.42. The van der Waals surface area contributed by atoms with E-state index in [1.807, 2.05) is 32.0 Å². The van der Waals surface area contributed by atoms with Gasteiger partial charge in [0.05, 0.1) is 18.9 Å². The van der Waals surface area contributed by atoms with Crippen LogP contribution in [-0.4, -0.2) is 56.4 Å². The molecule has 0 bridgehead atoms. The number of rotatable bonds is 10. The number of hydrogen-bond acceptors (Lipinski definition) is 7. The molecule has 1 aliphatic heterocycles. The van der Waals surface area contributed by atoms with E-state index in [4.69, 9.17) is 14.2 Å². The average Bonchev–Trinajstić information content (AvgIpc) is 3.36. The van der Waals surface area contributed by atoms with Crippen molar-refractivity contribution in [1.29, 1.82) is 0 Å². The number of benzene rings is 2. The molecule has 3 N–H and O–H groups in total. The van der Waals surface area contributed by atoms with Gasteiger partial charge in [-0.2, -0.15) is 5.10 Å². The van der Waals surface area contributed by atoms with Crippen molar-refractivity contribution in [3.05, 3.63) is 53.6 Å². The van der Waals surface area contributed by atoms with Crippen LogP contribution in [0.5, 0.6) is 11.5 Å². The number of hydrazone groups is 1. The van der Waals surface area contributed by atoms with Gasteiger partial charge in [0.25, 0.3) is 5.91 Å². The largest absolute Gasteiger partial charge is 0.490 e. The molecule has 0 aliphatic carbocycles. The zero-order valence-electron chi connectivity index (χ0n) is 19.8. The van der Waals surface area contributed by atoms with Crippen molar-refractivity contribution in [2.45, 2.75) is 32.8 Å². The summed E-state index contributed by atoms with van der Waals surface area (Å²) in [5, 5.41) is 9.14. The molecule has 1 heterocycles. The van der Waals surface area contributed by atoms with Crippen LogP contribution in [-0.2, 0) is 19.1 Å². The third-order valence-corrected chi connectivity index (χ3v) is 5.03. The molecular formula is C25H30N4O6. The van der Waals surface area contributed by atoms with Crippen LogP contribution in [0.1, 0.15) is 30.9 Å². The molecule has 10 nitrogen and oxygen atoms in total. The lowest BCUT2D eigenvalue weighted by atomic mass is 10.2. The zero-order chi connectivity index (χ0) is 25.0. The summed E-state index contributed by atoms with van der Waals surface area (Å²) in [4.78, 5) is 36.0. The quantitative estimate of drug-likeness (QED) is 0.271. The van der Waals surface area contributed by atoms with Crippen LogP contribution in [0.15, 0.2) is 47.6 Å². The van der Waals surface area contributed by atoms with Crippen LogP contribution in [0, 0.1) is 6.92 Å². The second-order valence-corrected chi connectivity index (χ2v) is 7.89. The number of hydrogen-bond donors (Lipinski definition) is 3. The molecular weight excluding hydrogens is 452 g/mol. The molecule has 0 spiro atoms. The predicted molar refractivity (Wildman–Crippen MR) is 131 cm³/mol. The minimum Gasteiger partial charge on any atom is -0.490 e. The Morgan fingerprint density at radius 2 is 1.97 bits per heavy atom. The zero-order valence-corrected chi connectivity index (χ0v) is 19.8. The van der Waals surface area contributed by atoms with Gasteiger partial charge in [0.15, 0.2) is 18.1 Å². The van der Waals surface area contributed by atoms with E-state index in [1.54, 1.807) is 24.3 Å². The van der Waals surface area contributed by atoms with Crippen LogP contribution >= 0.6 is 0 Å². The summed E-state index contributed by atoms with van der Waals surface area (Å²) < 4.78 is 16.7. The summed E-state index contributed by atoms with van der Waals surface area (Å²) in [5.41, 5.74) is 4.52. The van der Waals surface area contributed by atoms with Gasteiger partial charge < -0.3 is 24.8 Å². The Morgan fingerprint density at radius 1 is 1.11 bits per heavy atom. The third-order valence-electron chi connectivity index (χ3n) is 5.03. The Balaban J connectivity index is 1.50. The van der Waals surface area contributed by atoms with E-state index in [0.717, 1.165) is 18.4 Å². The van der Waals surface area contributed by atoms with Crippen molar-refractivity contribution < 1.29 is 28.6 Å². The van der Waals surface area contributed by atoms with E-state index in [0.29, 0.717) is 36.0 Å². The van der Waals surface area contributed by atoms with Crippen LogP contribution in [0.4, 0.5) is 5.69 Å². The molecule has 2 aromatic rings. The van der Waals surface area contributed by atoms with Crippen molar-refractivity contribution in [1.82, 2.24) is 10.7 Å². The molecule has 35 heavy (non-hydrogen) atoms. The van der Waals surface area contributed by atoms with Gasteiger partial charge in [0, 0.05) is 18.8 Å². The first-order valence-corrected chi connectivity index (χ1v) is 11.4. The highest BCUT2D eigenvalue weighted by atomic mass is 16.5. The first-order valence-electron chi connectivity index (χ1n) is 11.4. The number of aryl methyl sites for hydroxylation is 1. The lowest BCUT2D eigenvalue weighted by molar-refractivity contribution is -0.139. The minimum atomic E-state index is -0.871. The molecule has 1 saturated heterocycles. The monoisotopic (exact) mass is 482 g/mol. The minimum absolute atomic E-state index is 0.0541. The molecule has 3 amide bonds. The SMILES string of the molecule is CCOc1cc(/C=N\NC(=O)C(=O)NC[C@@H]2CCCO2)ccc1OCC(=O)Nc1cccc(C)c1. The molecule has 0 saturated carbocycles. The Morgan fingerprint density at radius 3 is 2.71 bits per heavy atom.